The van der Waals surface area contributed by atoms with Gasteiger partial charge in [0.25, 0.3) is 0 Å². The molecule has 1 heterocycles. The molecule has 0 bridgehead atoms. The van der Waals surface area contributed by atoms with Gasteiger partial charge in [-0.2, -0.15) is 0 Å². The minimum atomic E-state index is 0.328. The number of anilines is 1. The van der Waals surface area contributed by atoms with Gasteiger partial charge in [0.05, 0.1) is 5.56 Å². The Kier molecular flexibility index (Phi) is 3.18. The fraction of sp³-hybridized carbons (Fsp3) is 0.357. The first-order chi connectivity index (χ1) is 8.15. The standard InChI is InChI=1S/C14H18N2O/c1-4-9(2)13-12(14(15)16-17-13)11-8-6-5-7-10(11)3/h5-9H,4H2,1-3H3,(H2,15,16). The Balaban J connectivity index is 2.59. The topological polar surface area (TPSA) is 52.0 Å². The predicted molar refractivity (Wildman–Crippen MR) is 69.8 cm³/mol. The Morgan fingerprint density at radius 1 is 1.35 bits per heavy atom. The largest absolute Gasteiger partial charge is 0.380 e. The summed E-state index contributed by atoms with van der Waals surface area (Å²) >= 11 is 0. The van der Waals surface area contributed by atoms with Gasteiger partial charge < -0.3 is 10.3 Å². The van der Waals surface area contributed by atoms with E-state index in [1.807, 2.05) is 12.1 Å². The number of nitrogen functional groups attached to an aromatic ring is 1. The number of aryl methyl sites for hydroxylation is 1. The molecule has 0 aliphatic heterocycles. The molecule has 0 fully saturated rings. The molecule has 2 N–H and O–H groups in total. The van der Waals surface area contributed by atoms with Crippen LogP contribution in [0.3, 0.4) is 0 Å². The minimum Gasteiger partial charge on any atom is -0.380 e. The Labute approximate surface area is 102 Å². The highest BCUT2D eigenvalue weighted by molar-refractivity contribution is 5.78. The molecule has 1 aromatic heterocycles. The number of hydrogen-bond donors (Lipinski definition) is 1. The quantitative estimate of drug-likeness (QED) is 0.873. The van der Waals surface area contributed by atoms with Gasteiger partial charge in [-0.1, -0.05) is 43.3 Å². The van der Waals surface area contributed by atoms with Crippen LogP contribution in [0.1, 0.15) is 37.5 Å². The molecule has 1 atom stereocenters. The number of nitrogens with two attached hydrogens (primary N) is 1. The fourth-order valence-corrected chi connectivity index (χ4v) is 1.96. The van der Waals surface area contributed by atoms with Gasteiger partial charge in [0, 0.05) is 5.92 Å². The molecule has 17 heavy (non-hydrogen) atoms. The molecule has 0 spiro atoms. The molecular weight excluding hydrogens is 212 g/mol. The number of nitrogens with zero attached hydrogens (tertiary/aromatic N) is 1. The molecule has 0 amide bonds. The highest BCUT2D eigenvalue weighted by atomic mass is 16.5. The van der Waals surface area contributed by atoms with Crippen molar-refractivity contribution in [2.24, 2.45) is 0 Å². The van der Waals surface area contributed by atoms with Gasteiger partial charge in [-0.05, 0) is 24.5 Å². The second-order valence-electron chi connectivity index (χ2n) is 4.43. The van der Waals surface area contributed by atoms with E-state index in [0.29, 0.717) is 11.7 Å². The van der Waals surface area contributed by atoms with Gasteiger partial charge >= 0.3 is 0 Å². The zero-order valence-corrected chi connectivity index (χ0v) is 10.5. The van der Waals surface area contributed by atoms with E-state index in [1.54, 1.807) is 0 Å². The first-order valence-corrected chi connectivity index (χ1v) is 5.96. The third-order valence-electron chi connectivity index (χ3n) is 3.22. The van der Waals surface area contributed by atoms with Crippen LogP contribution in [-0.4, -0.2) is 5.16 Å². The van der Waals surface area contributed by atoms with E-state index in [4.69, 9.17) is 10.3 Å². The average Bonchev–Trinajstić information content (AvgIpc) is 2.71. The molecule has 0 saturated carbocycles. The first kappa shape index (κ1) is 11.7. The lowest BCUT2D eigenvalue weighted by Crippen LogP contribution is -1.95. The molecule has 90 valence electrons. The van der Waals surface area contributed by atoms with Crippen LogP contribution in [0, 0.1) is 6.92 Å². The van der Waals surface area contributed by atoms with Crippen molar-refractivity contribution in [2.75, 3.05) is 5.73 Å². The molecule has 0 radical (unpaired) electrons. The van der Waals surface area contributed by atoms with Gasteiger partial charge in [0.2, 0.25) is 0 Å². The summed E-state index contributed by atoms with van der Waals surface area (Å²) in [4.78, 5) is 0. The van der Waals surface area contributed by atoms with Gasteiger partial charge in [-0.3, -0.25) is 0 Å². The van der Waals surface area contributed by atoms with Crippen molar-refractivity contribution >= 4 is 5.82 Å². The molecule has 2 aromatic rings. The number of benzene rings is 1. The van der Waals surface area contributed by atoms with Crippen molar-refractivity contribution in [1.82, 2.24) is 5.16 Å². The van der Waals surface area contributed by atoms with Crippen LogP contribution in [0.2, 0.25) is 0 Å². The Bertz CT molecular complexity index is 517. The average molecular weight is 230 g/mol. The number of rotatable bonds is 3. The third kappa shape index (κ3) is 2.05. The summed E-state index contributed by atoms with van der Waals surface area (Å²) in [5, 5.41) is 3.91. The first-order valence-electron chi connectivity index (χ1n) is 5.96. The maximum atomic E-state index is 5.93. The zero-order chi connectivity index (χ0) is 12.4. The lowest BCUT2D eigenvalue weighted by molar-refractivity contribution is 0.366. The molecule has 2 rings (SSSR count). The number of hydrogen-bond acceptors (Lipinski definition) is 3. The van der Waals surface area contributed by atoms with E-state index in [1.165, 1.54) is 5.56 Å². The lowest BCUT2D eigenvalue weighted by atomic mass is 9.94. The van der Waals surface area contributed by atoms with Crippen LogP contribution in [0.25, 0.3) is 11.1 Å². The Morgan fingerprint density at radius 3 is 2.71 bits per heavy atom. The van der Waals surface area contributed by atoms with E-state index in [2.05, 4.69) is 38.1 Å². The lowest BCUT2D eigenvalue weighted by Gasteiger charge is -2.09. The normalized spacial score (nSPS) is 12.6. The van der Waals surface area contributed by atoms with Crippen LogP contribution in [-0.2, 0) is 0 Å². The SMILES string of the molecule is CCC(C)c1onc(N)c1-c1ccccc1C. The van der Waals surface area contributed by atoms with Crippen molar-refractivity contribution in [3.8, 4) is 11.1 Å². The van der Waals surface area contributed by atoms with Gasteiger partial charge in [0.1, 0.15) is 5.76 Å². The van der Waals surface area contributed by atoms with Crippen molar-refractivity contribution < 1.29 is 4.52 Å². The van der Waals surface area contributed by atoms with Crippen LogP contribution >= 0.6 is 0 Å². The summed E-state index contributed by atoms with van der Waals surface area (Å²) in [7, 11) is 0. The summed E-state index contributed by atoms with van der Waals surface area (Å²) in [5.74, 6) is 1.70. The van der Waals surface area contributed by atoms with Crippen LogP contribution in [0.4, 0.5) is 5.82 Å². The number of aromatic nitrogens is 1. The Hall–Kier alpha value is -1.77. The summed E-state index contributed by atoms with van der Waals surface area (Å²) in [6.07, 6.45) is 1.01. The minimum absolute atomic E-state index is 0.328. The third-order valence-corrected chi connectivity index (χ3v) is 3.22. The monoisotopic (exact) mass is 230 g/mol. The van der Waals surface area contributed by atoms with E-state index in [0.717, 1.165) is 23.3 Å². The van der Waals surface area contributed by atoms with E-state index >= 15 is 0 Å². The smallest absolute Gasteiger partial charge is 0.175 e. The second kappa shape index (κ2) is 4.62. The zero-order valence-electron chi connectivity index (χ0n) is 10.5. The van der Waals surface area contributed by atoms with E-state index < -0.39 is 0 Å². The Morgan fingerprint density at radius 2 is 2.06 bits per heavy atom. The van der Waals surface area contributed by atoms with Gasteiger partial charge in [-0.15, -0.1) is 0 Å². The van der Waals surface area contributed by atoms with Crippen molar-refractivity contribution in [2.45, 2.75) is 33.1 Å². The maximum Gasteiger partial charge on any atom is 0.175 e. The maximum absolute atomic E-state index is 5.93. The van der Waals surface area contributed by atoms with Crippen molar-refractivity contribution in [3.05, 3.63) is 35.6 Å². The molecule has 1 unspecified atom stereocenters. The van der Waals surface area contributed by atoms with Crippen LogP contribution < -0.4 is 5.73 Å². The summed E-state index contributed by atoms with van der Waals surface area (Å²) < 4.78 is 5.38. The van der Waals surface area contributed by atoms with Crippen LogP contribution in [0.15, 0.2) is 28.8 Å². The van der Waals surface area contributed by atoms with Crippen LogP contribution in [0.5, 0.6) is 0 Å². The molecular formula is C14H18N2O. The molecule has 3 nitrogen and oxygen atoms in total. The molecule has 3 heteroatoms. The molecule has 0 aliphatic carbocycles. The van der Waals surface area contributed by atoms with Crippen molar-refractivity contribution in [1.29, 1.82) is 0 Å². The molecule has 0 aliphatic rings. The second-order valence-corrected chi connectivity index (χ2v) is 4.43. The van der Waals surface area contributed by atoms with E-state index in [-0.39, 0.29) is 0 Å². The summed E-state index contributed by atoms with van der Waals surface area (Å²) in [5.41, 5.74) is 9.19. The molecule has 1 aromatic carbocycles. The fourth-order valence-electron chi connectivity index (χ4n) is 1.96. The van der Waals surface area contributed by atoms with Gasteiger partial charge in [0.15, 0.2) is 5.82 Å². The molecule has 0 saturated heterocycles. The van der Waals surface area contributed by atoms with E-state index in [9.17, 15) is 0 Å². The summed E-state index contributed by atoms with van der Waals surface area (Å²) in [6, 6.07) is 8.16. The predicted octanol–water partition coefficient (Wildman–Crippen LogP) is 3.75. The van der Waals surface area contributed by atoms with Gasteiger partial charge in [-0.25, -0.2) is 0 Å². The highest BCUT2D eigenvalue weighted by Gasteiger charge is 2.20. The summed E-state index contributed by atoms with van der Waals surface area (Å²) in [6.45, 7) is 6.33. The van der Waals surface area contributed by atoms with Crippen molar-refractivity contribution in [3.63, 3.8) is 0 Å². The highest BCUT2D eigenvalue weighted by Crippen LogP contribution is 2.36.